The van der Waals surface area contributed by atoms with Gasteiger partial charge in [0.15, 0.2) is 0 Å². The Bertz CT molecular complexity index is 922. The van der Waals surface area contributed by atoms with Crippen molar-refractivity contribution in [2.45, 2.75) is 24.0 Å². The van der Waals surface area contributed by atoms with Crippen molar-refractivity contribution in [2.75, 3.05) is 26.2 Å². The normalized spacial score (nSPS) is 18.2. The SMILES string of the molecule is C[C@H](c1ccc(F)cc1)N1CCN(S(=O)(=O)c2ccccc2C(F)(F)F)CC1. The molecule has 152 valence electrons. The van der Waals surface area contributed by atoms with Gasteiger partial charge in [0.1, 0.15) is 5.82 Å². The Balaban J connectivity index is 1.75. The second-order valence-corrected chi connectivity index (χ2v) is 8.57. The number of sulfonamides is 1. The molecule has 1 aliphatic rings. The Hall–Kier alpha value is -1.97. The van der Waals surface area contributed by atoms with Crippen LogP contribution < -0.4 is 0 Å². The molecule has 2 aromatic rings. The zero-order chi connectivity index (χ0) is 20.5. The minimum absolute atomic E-state index is 0.0621. The van der Waals surface area contributed by atoms with E-state index in [1.54, 1.807) is 12.1 Å². The zero-order valence-corrected chi connectivity index (χ0v) is 16.0. The first-order valence-electron chi connectivity index (χ1n) is 8.76. The number of rotatable bonds is 4. The molecule has 0 aromatic heterocycles. The summed E-state index contributed by atoms with van der Waals surface area (Å²) < 4.78 is 79.4. The standard InChI is InChI=1S/C19H20F4N2O2S/c1-14(15-6-8-16(20)9-7-15)24-10-12-25(13-11-24)28(26,27)18-5-3-2-4-17(18)19(21,22)23/h2-9,14H,10-13H2,1H3/t14-/m1/s1. The number of hydrogen-bond donors (Lipinski definition) is 0. The van der Waals surface area contributed by atoms with E-state index in [2.05, 4.69) is 0 Å². The highest BCUT2D eigenvalue weighted by molar-refractivity contribution is 7.89. The first-order chi connectivity index (χ1) is 13.1. The third kappa shape index (κ3) is 4.21. The maximum Gasteiger partial charge on any atom is 0.417 e. The summed E-state index contributed by atoms with van der Waals surface area (Å²) in [6, 6.07) is 10.2. The quantitative estimate of drug-likeness (QED) is 0.710. The van der Waals surface area contributed by atoms with Crippen LogP contribution in [-0.4, -0.2) is 43.8 Å². The van der Waals surface area contributed by atoms with Gasteiger partial charge in [-0.05, 0) is 36.8 Å². The van der Waals surface area contributed by atoms with Gasteiger partial charge in [0, 0.05) is 32.2 Å². The molecule has 0 unspecified atom stereocenters. The molecule has 9 heteroatoms. The lowest BCUT2D eigenvalue weighted by Gasteiger charge is -2.37. The van der Waals surface area contributed by atoms with E-state index in [-0.39, 0.29) is 24.9 Å². The number of halogens is 4. The van der Waals surface area contributed by atoms with E-state index in [0.717, 1.165) is 22.0 Å². The van der Waals surface area contributed by atoms with E-state index in [1.165, 1.54) is 24.3 Å². The van der Waals surface area contributed by atoms with E-state index in [9.17, 15) is 26.0 Å². The predicted molar refractivity (Wildman–Crippen MR) is 96.6 cm³/mol. The highest BCUT2D eigenvalue weighted by atomic mass is 32.2. The topological polar surface area (TPSA) is 40.6 Å². The number of alkyl halides is 3. The highest BCUT2D eigenvalue weighted by Crippen LogP contribution is 2.35. The molecular weight excluding hydrogens is 396 g/mol. The van der Waals surface area contributed by atoms with Gasteiger partial charge in [-0.25, -0.2) is 12.8 Å². The monoisotopic (exact) mass is 416 g/mol. The summed E-state index contributed by atoms with van der Waals surface area (Å²) in [6.07, 6.45) is -4.75. The van der Waals surface area contributed by atoms with Crippen molar-refractivity contribution < 1.29 is 26.0 Å². The molecule has 1 atom stereocenters. The van der Waals surface area contributed by atoms with Gasteiger partial charge in [-0.3, -0.25) is 4.90 Å². The van der Waals surface area contributed by atoms with Crippen LogP contribution in [0.3, 0.4) is 0 Å². The summed E-state index contributed by atoms with van der Waals surface area (Å²) in [7, 11) is -4.26. The lowest BCUT2D eigenvalue weighted by atomic mass is 10.1. The van der Waals surface area contributed by atoms with Gasteiger partial charge in [-0.1, -0.05) is 24.3 Å². The Morgan fingerprint density at radius 2 is 1.50 bits per heavy atom. The third-order valence-electron chi connectivity index (χ3n) is 4.98. The first-order valence-corrected chi connectivity index (χ1v) is 10.2. The van der Waals surface area contributed by atoms with Crippen LogP contribution in [-0.2, 0) is 16.2 Å². The fourth-order valence-corrected chi connectivity index (χ4v) is 4.98. The summed E-state index contributed by atoms with van der Waals surface area (Å²) in [5.74, 6) is -0.338. The largest absolute Gasteiger partial charge is 0.417 e. The van der Waals surface area contributed by atoms with Crippen molar-refractivity contribution in [3.8, 4) is 0 Å². The molecule has 3 rings (SSSR count). The maximum absolute atomic E-state index is 13.2. The number of piperazine rings is 1. The van der Waals surface area contributed by atoms with Crippen LogP contribution in [0.15, 0.2) is 53.4 Å². The van der Waals surface area contributed by atoms with Gasteiger partial charge in [-0.2, -0.15) is 17.5 Å². The van der Waals surface area contributed by atoms with Crippen molar-refractivity contribution in [2.24, 2.45) is 0 Å². The smallest absolute Gasteiger partial charge is 0.294 e. The molecule has 28 heavy (non-hydrogen) atoms. The Morgan fingerprint density at radius 3 is 2.07 bits per heavy atom. The predicted octanol–water partition coefficient (Wildman–Crippen LogP) is 3.91. The summed E-state index contributed by atoms with van der Waals surface area (Å²) in [4.78, 5) is 1.30. The molecule has 0 amide bonds. The average Bonchev–Trinajstić information content (AvgIpc) is 2.67. The lowest BCUT2D eigenvalue weighted by Crippen LogP contribution is -2.49. The summed E-state index contributed by atoms with van der Waals surface area (Å²) in [5, 5.41) is 0. The second kappa shape index (κ2) is 7.81. The van der Waals surface area contributed by atoms with Gasteiger partial charge in [0.2, 0.25) is 10.0 Å². The molecule has 1 fully saturated rings. The first kappa shape index (κ1) is 20.8. The van der Waals surface area contributed by atoms with E-state index in [1.807, 2.05) is 11.8 Å². The van der Waals surface area contributed by atoms with Crippen LogP contribution in [0.1, 0.15) is 24.1 Å². The molecule has 0 N–H and O–H groups in total. The van der Waals surface area contributed by atoms with Crippen molar-refractivity contribution in [3.05, 3.63) is 65.5 Å². The molecule has 0 radical (unpaired) electrons. The van der Waals surface area contributed by atoms with Gasteiger partial charge in [0.05, 0.1) is 10.5 Å². The van der Waals surface area contributed by atoms with E-state index in [0.29, 0.717) is 13.1 Å². The highest BCUT2D eigenvalue weighted by Gasteiger charge is 2.39. The van der Waals surface area contributed by atoms with Gasteiger partial charge in [-0.15, -0.1) is 0 Å². The van der Waals surface area contributed by atoms with Gasteiger partial charge < -0.3 is 0 Å². The second-order valence-electron chi connectivity index (χ2n) is 6.66. The van der Waals surface area contributed by atoms with Crippen molar-refractivity contribution >= 4 is 10.0 Å². The third-order valence-corrected chi connectivity index (χ3v) is 6.94. The minimum atomic E-state index is -4.75. The van der Waals surface area contributed by atoms with E-state index >= 15 is 0 Å². The Morgan fingerprint density at radius 1 is 0.929 bits per heavy atom. The van der Waals surface area contributed by atoms with E-state index < -0.39 is 26.7 Å². The van der Waals surface area contributed by atoms with Crippen molar-refractivity contribution in [1.29, 1.82) is 0 Å². The molecular formula is C19H20F4N2O2S. The van der Waals surface area contributed by atoms with Crippen LogP contribution in [0.2, 0.25) is 0 Å². The zero-order valence-electron chi connectivity index (χ0n) is 15.2. The molecule has 0 spiro atoms. The molecule has 0 bridgehead atoms. The van der Waals surface area contributed by atoms with Crippen LogP contribution in [0.25, 0.3) is 0 Å². The van der Waals surface area contributed by atoms with Crippen LogP contribution in [0.5, 0.6) is 0 Å². The Kier molecular flexibility index (Phi) is 5.79. The number of hydrogen-bond acceptors (Lipinski definition) is 3. The molecule has 0 aliphatic carbocycles. The van der Waals surface area contributed by atoms with Crippen LogP contribution in [0.4, 0.5) is 17.6 Å². The molecule has 1 aliphatic heterocycles. The Labute approximate surface area is 161 Å². The van der Waals surface area contributed by atoms with E-state index in [4.69, 9.17) is 0 Å². The van der Waals surface area contributed by atoms with Crippen LogP contribution in [0, 0.1) is 5.82 Å². The molecule has 0 saturated carbocycles. The molecule has 1 saturated heterocycles. The molecule has 2 aromatic carbocycles. The summed E-state index contributed by atoms with van der Waals surface area (Å²) >= 11 is 0. The van der Waals surface area contributed by atoms with Crippen molar-refractivity contribution in [1.82, 2.24) is 9.21 Å². The number of nitrogens with zero attached hydrogens (tertiary/aromatic N) is 2. The fourth-order valence-electron chi connectivity index (χ4n) is 3.35. The van der Waals surface area contributed by atoms with Gasteiger partial charge >= 0.3 is 6.18 Å². The van der Waals surface area contributed by atoms with Crippen molar-refractivity contribution in [3.63, 3.8) is 0 Å². The number of benzene rings is 2. The average molecular weight is 416 g/mol. The summed E-state index contributed by atoms with van der Waals surface area (Å²) in [6.45, 7) is 2.83. The summed E-state index contributed by atoms with van der Waals surface area (Å²) in [5.41, 5.74) is -0.266. The van der Waals surface area contributed by atoms with Gasteiger partial charge in [0.25, 0.3) is 0 Å². The maximum atomic E-state index is 13.2. The van der Waals surface area contributed by atoms with Crippen LogP contribution >= 0.6 is 0 Å². The molecule has 4 nitrogen and oxygen atoms in total. The molecule has 1 heterocycles. The minimum Gasteiger partial charge on any atom is -0.294 e. The fraction of sp³-hybridized carbons (Fsp3) is 0.368. The lowest BCUT2D eigenvalue weighted by molar-refractivity contribution is -0.139.